The molecule has 5 rings (SSSR count). The quantitative estimate of drug-likeness (QED) is 0.193. The van der Waals surface area contributed by atoms with E-state index in [2.05, 4.69) is 156 Å². The molecule has 0 aromatic heterocycles. The Labute approximate surface area is 310 Å². The van der Waals surface area contributed by atoms with Gasteiger partial charge >= 0.3 is 299 Å². The minimum Gasteiger partial charge on any atom is -0.147 e. The predicted molar refractivity (Wildman–Crippen MR) is 212 cm³/mol. The number of phenolic OH excluding ortho intramolecular Hbond substituents is 2. The van der Waals surface area contributed by atoms with Crippen LogP contribution in [0.3, 0.4) is 0 Å². The molecule has 0 amide bonds. The maximum atomic E-state index is 11.7. The molecule has 1 aliphatic heterocycles. The van der Waals surface area contributed by atoms with Crippen molar-refractivity contribution in [3.63, 3.8) is 0 Å². The van der Waals surface area contributed by atoms with Gasteiger partial charge in [0.15, 0.2) is 0 Å². The first kappa shape index (κ1) is 39.4. The van der Waals surface area contributed by atoms with Gasteiger partial charge in [0.05, 0.1) is 0 Å². The zero-order valence-corrected chi connectivity index (χ0v) is 33.8. The van der Waals surface area contributed by atoms with Gasteiger partial charge in [0.2, 0.25) is 0 Å². The molecule has 0 unspecified atom stereocenters. The number of halogens is 1. The summed E-state index contributed by atoms with van der Waals surface area (Å²) in [5.41, 5.74) is 7.22. The van der Waals surface area contributed by atoms with E-state index < -0.39 is 13.0 Å². The molecular formula is C44H57ClCoN2O2. The van der Waals surface area contributed by atoms with E-state index in [0.717, 1.165) is 22.3 Å². The second-order valence-corrected chi connectivity index (χ2v) is 20.9. The van der Waals surface area contributed by atoms with Crippen LogP contribution in [0, 0.1) is 0 Å². The Kier molecular flexibility index (Phi) is 11.0. The van der Waals surface area contributed by atoms with Gasteiger partial charge in [-0.2, -0.15) is 0 Å². The molecular weight excluding hydrogens is 683 g/mol. The second kappa shape index (κ2) is 14.0. The molecule has 0 bridgehead atoms. The molecule has 271 valence electrons. The summed E-state index contributed by atoms with van der Waals surface area (Å²) in [6.07, 6.45) is 3.77. The summed E-state index contributed by atoms with van der Waals surface area (Å²) in [6.45, 7) is 26.0. The average Bonchev–Trinajstić information content (AvgIpc) is 3.67. The summed E-state index contributed by atoms with van der Waals surface area (Å²) in [5.74, 6) is 0.539. The average molecular weight is 740 g/mol. The molecule has 6 heteroatoms. The van der Waals surface area contributed by atoms with Crippen LogP contribution in [0.2, 0.25) is 0 Å². The third-order valence-corrected chi connectivity index (χ3v) is 13.3. The van der Waals surface area contributed by atoms with Crippen molar-refractivity contribution in [3.05, 3.63) is 129 Å². The maximum absolute atomic E-state index is 11.7. The first-order valence-electron chi connectivity index (χ1n) is 17.3. The van der Waals surface area contributed by atoms with Gasteiger partial charge in [0.1, 0.15) is 0 Å². The zero-order chi connectivity index (χ0) is 36.2. The Morgan fingerprint density at radius 1 is 0.500 bits per heavy atom. The predicted octanol–water partition coefficient (Wildman–Crippen LogP) is 11.7. The Morgan fingerprint density at radius 3 is 1.10 bits per heavy atom. The normalized spacial score (nSPS) is 21.2. The van der Waals surface area contributed by atoms with Gasteiger partial charge in [-0.15, -0.1) is 12.4 Å². The van der Waals surface area contributed by atoms with Gasteiger partial charge in [-0.3, -0.25) is 0 Å². The van der Waals surface area contributed by atoms with Crippen LogP contribution in [-0.4, -0.2) is 22.6 Å². The molecule has 1 heterocycles. The second-order valence-electron chi connectivity index (χ2n) is 17.4. The van der Waals surface area contributed by atoms with Crippen LogP contribution in [0.25, 0.3) is 0 Å². The van der Waals surface area contributed by atoms with E-state index in [-0.39, 0.29) is 55.3 Å². The molecule has 1 aliphatic rings. The van der Waals surface area contributed by atoms with Gasteiger partial charge in [-0.1, -0.05) is 0 Å². The van der Waals surface area contributed by atoms with E-state index in [1.807, 2.05) is 24.6 Å². The number of aromatic hydroxyl groups is 2. The van der Waals surface area contributed by atoms with E-state index in [0.29, 0.717) is 11.1 Å². The van der Waals surface area contributed by atoms with Gasteiger partial charge in [0, 0.05) is 0 Å². The fourth-order valence-corrected chi connectivity index (χ4v) is 10.5. The molecule has 1 saturated heterocycles. The van der Waals surface area contributed by atoms with E-state index in [4.69, 9.17) is 8.08 Å². The third-order valence-electron chi connectivity index (χ3n) is 9.26. The molecule has 0 spiro atoms. The van der Waals surface area contributed by atoms with Gasteiger partial charge in [0.25, 0.3) is 0 Å². The van der Waals surface area contributed by atoms with Crippen LogP contribution in [0.1, 0.15) is 137 Å². The number of hydrogen-bond acceptors (Lipinski definition) is 4. The van der Waals surface area contributed by atoms with Crippen LogP contribution in [-0.2, 0) is 34.7 Å². The van der Waals surface area contributed by atoms with Gasteiger partial charge in [-0.25, -0.2) is 0 Å². The monoisotopic (exact) mass is 739 g/mol. The number of benzene rings is 4. The summed E-state index contributed by atoms with van der Waals surface area (Å²) >= 11 is -2.51. The number of phenols is 2. The molecule has 0 aliphatic carbocycles. The van der Waals surface area contributed by atoms with Crippen molar-refractivity contribution >= 4 is 24.8 Å². The molecule has 50 heavy (non-hydrogen) atoms. The van der Waals surface area contributed by atoms with Crippen molar-refractivity contribution in [2.45, 2.75) is 114 Å². The fourth-order valence-electron chi connectivity index (χ4n) is 6.12. The van der Waals surface area contributed by atoms with Crippen molar-refractivity contribution in [3.8, 4) is 11.5 Å². The van der Waals surface area contributed by atoms with Crippen LogP contribution < -0.4 is 0 Å². The Hall–Kier alpha value is -3.38. The third kappa shape index (κ3) is 8.06. The van der Waals surface area contributed by atoms with E-state index in [1.165, 1.54) is 11.1 Å². The summed E-state index contributed by atoms with van der Waals surface area (Å²) in [4.78, 5) is 0.124. The van der Waals surface area contributed by atoms with Gasteiger partial charge in [-0.05, 0) is 0 Å². The maximum Gasteiger partial charge on any atom is -0.147 e. The first-order valence-corrected chi connectivity index (χ1v) is 19.4. The van der Waals surface area contributed by atoms with Crippen molar-refractivity contribution in [2.24, 2.45) is 8.08 Å². The summed E-state index contributed by atoms with van der Waals surface area (Å²) in [5, 5.41) is 23.4. The molecule has 2 N–H and O–H groups in total. The minimum atomic E-state index is -2.51. The molecule has 0 saturated carbocycles. The van der Waals surface area contributed by atoms with Crippen molar-refractivity contribution in [1.82, 2.24) is 0 Å². The first-order chi connectivity index (χ1) is 22.6. The van der Waals surface area contributed by atoms with Crippen LogP contribution >= 0.6 is 12.4 Å². The summed E-state index contributed by atoms with van der Waals surface area (Å²) in [7, 11) is 0. The van der Waals surface area contributed by atoms with E-state index in [1.54, 1.807) is 0 Å². The molecule has 4 aromatic rings. The largest absolute Gasteiger partial charge is 0.147 e. The smallest absolute Gasteiger partial charge is 0.147 e. The Bertz CT molecular complexity index is 1730. The van der Waals surface area contributed by atoms with Crippen molar-refractivity contribution < 1.29 is 23.3 Å². The number of rotatable bonds is 6. The molecule has 4 aromatic carbocycles. The van der Waals surface area contributed by atoms with Crippen LogP contribution in [0.5, 0.6) is 11.5 Å². The SMILES string of the molecule is CC(C)(C)c1cc(C=[N][Co]2([N]=Cc3cc(C(C)(C)C)cc(C(C)(C)C)c3O)[C@H](c3ccccc3)[C@H]2c2ccccc2)c(O)c(C(C)(C)C)c1.Cl. The summed E-state index contributed by atoms with van der Waals surface area (Å²) in [6, 6.07) is 29.6. The Balaban J connectivity index is 0.00000562. The molecule has 2 atom stereocenters. The standard InChI is InChI=1S/2C15H22NO.C14H12.ClH.Co/c2*1-14(2,3)11-7-10(9-16)13(17)12(8-11)15(4,5)6;1-3-7-13(8-4-1)11-12-14-9-5-2-6-10-14;;/h2*7-9,17H,1-6H3;1-12H;1H;/q2*-1;;;+2. The van der Waals surface area contributed by atoms with Crippen LogP contribution in [0.4, 0.5) is 0 Å². The Morgan fingerprint density at radius 2 is 0.820 bits per heavy atom. The molecule has 4 nitrogen and oxygen atoms in total. The van der Waals surface area contributed by atoms with E-state index in [9.17, 15) is 10.2 Å². The number of nitrogens with zero attached hydrogens (tertiary/aromatic N) is 2. The molecule has 1 fully saturated rings. The zero-order valence-electron chi connectivity index (χ0n) is 31.9. The van der Waals surface area contributed by atoms with E-state index >= 15 is 0 Å². The van der Waals surface area contributed by atoms with Gasteiger partial charge < -0.3 is 0 Å². The molecule has 0 radical (unpaired) electrons. The topological polar surface area (TPSA) is 65.2 Å². The van der Waals surface area contributed by atoms with Crippen molar-refractivity contribution in [1.29, 1.82) is 0 Å². The van der Waals surface area contributed by atoms with Crippen LogP contribution in [0.15, 0.2) is 93.0 Å². The fraction of sp³-hybridized carbons (Fsp3) is 0.409. The number of hydrogen-bond donors (Lipinski definition) is 2. The summed E-state index contributed by atoms with van der Waals surface area (Å²) < 4.78 is 11.0. The van der Waals surface area contributed by atoms with Crippen molar-refractivity contribution in [2.75, 3.05) is 0 Å². The minimum absolute atomic E-state index is 0.